The van der Waals surface area contributed by atoms with E-state index in [1.165, 1.54) is 0 Å². The number of rotatable bonds is 6. The van der Waals surface area contributed by atoms with Crippen LogP contribution in [0.25, 0.3) is 0 Å². The maximum atomic E-state index is 12.9. The van der Waals surface area contributed by atoms with Crippen LogP contribution in [0.5, 0.6) is 0 Å². The molecule has 2 fully saturated rings. The van der Waals surface area contributed by atoms with Crippen LogP contribution in [0.15, 0.2) is 0 Å². The summed E-state index contributed by atoms with van der Waals surface area (Å²) < 4.78 is 30.2. The van der Waals surface area contributed by atoms with Gasteiger partial charge in [-0.05, 0) is 31.1 Å². The summed E-state index contributed by atoms with van der Waals surface area (Å²) in [5.41, 5.74) is 5.20. The largest absolute Gasteiger partial charge is 0.378 e. The fraction of sp³-hybridized carbons (Fsp3) is 1.00. The molecule has 2 saturated carbocycles. The fourth-order valence-electron chi connectivity index (χ4n) is 2.92. The van der Waals surface area contributed by atoms with E-state index >= 15 is 0 Å². The molecule has 0 amide bonds. The van der Waals surface area contributed by atoms with Gasteiger partial charge in [-0.1, -0.05) is 20.8 Å². The highest BCUT2D eigenvalue weighted by molar-refractivity contribution is 7.94. The summed E-state index contributed by atoms with van der Waals surface area (Å²) in [6.45, 7) is 7.32. The van der Waals surface area contributed by atoms with Crippen molar-refractivity contribution in [3.63, 3.8) is 0 Å². The first-order chi connectivity index (χ1) is 8.22. The molecule has 0 aromatic carbocycles. The molecule has 5 heteroatoms. The standard InChI is InChI=1S/C13H25NO3S/c1-11(2,3)13(6-7-13)18(15,16)12(4-5-12)10-17-9-8-14/h4-10,14H2,1-3H3. The first kappa shape index (κ1) is 14.3. The second kappa shape index (κ2) is 4.18. The summed E-state index contributed by atoms with van der Waals surface area (Å²) in [7, 11) is -3.12. The third-order valence-electron chi connectivity index (χ3n) is 4.59. The minimum Gasteiger partial charge on any atom is -0.378 e. The minimum absolute atomic E-state index is 0.185. The average molecular weight is 275 g/mol. The Morgan fingerprint density at radius 1 is 1.17 bits per heavy atom. The number of sulfone groups is 1. The van der Waals surface area contributed by atoms with Crippen molar-refractivity contribution in [1.82, 2.24) is 0 Å². The van der Waals surface area contributed by atoms with Crippen molar-refractivity contribution < 1.29 is 13.2 Å². The molecule has 0 atom stereocenters. The molecule has 0 aliphatic heterocycles. The Bertz CT molecular complexity index is 414. The predicted octanol–water partition coefficient (Wildman–Crippen LogP) is 1.49. The molecule has 0 radical (unpaired) electrons. The van der Waals surface area contributed by atoms with Crippen LogP contribution >= 0.6 is 0 Å². The maximum Gasteiger partial charge on any atom is 0.164 e. The zero-order valence-corrected chi connectivity index (χ0v) is 12.5. The van der Waals surface area contributed by atoms with E-state index in [2.05, 4.69) is 0 Å². The topological polar surface area (TPSA) is 69.4 Å². The van der Waals surface area contributed by atoms with Gasteiger partial charge in [0.1, 0.15) is 0 Å². The summed E-state index contributed by atoms with van der Waals surface area (Å²) in [5.74, 6) is 0. The van der Waals surface area contributed by atoms with Crippen molar-refractivity contribution in [2.75, 3.05) is 19.8 Å². The van der Waals surface area contributed by atoms with Gasteiger partial charge in [0.25, 0.3) is 0 Å². The Kier molecular flexibility index (Phi) is 3.32. The van der Waals surface area contributed by atoms with Crippen LogP contribution < -0.4 is 5.73 Å². The molecule has 0 aromatic heterocycles. The molecule has 2 rings (SSSR count). The minimum atomic E-state index is -3.12. The van der Waals surface area contributed by atoms with Crippen molar-refractivity contribution >= 4 is 9.84 Å². The summed E-state index contributed by atoms with van der Waals surface area (Å²) in [4.78, 5) is 0. The van der Waals surface area contributed by atoms with E-state index in [0.717, 1.165) is 25.7 Å². The van der Waals surface area contributed by atoms with E-state index in [4.69, 9.17) is 10.5 Å². The smallest absolute Gasteiger partial charge is 0.164 e. The number of hydrogen-bond donors (Lipinski definition) is 1. The van der Waals surface area contributed by atoms with E-state index in [1.54, 1.807) is 0 Å². The van der Waals surface area contributed by atoms with Crippen LogP contribution in [0.3, 0.4) is 0 Å². The van der Waals surface area contributed by atoms with E-state index in [1.807, 2.05) is 20.8 Å². The highest BCUT2D eigenvalue weighted by atomic mass is 32.2. The van der Waals surface area contributed by atoms with Crippen molar-refractivity contribution in [3.05, 3.63) is 0 Å². The van der Waals surface area contributed by atoms with Crippen molar-refractivity contribution in [3.8, 4) is 0 Å². The van der Waals surface area contributed by atoms with Gasteiger partial charge in [-0.3, -0.25) is 0 Å². The van der Waals surface area contributed by atoms with Gasteiger partial charge in [0.05, 0.1) is 22.7 Å². The summed E-state index contributed by atoms with van der Waals surface area (Å²) in [5, 5.41) is 0. The molecule has 0 saturated heterocycles. The average Bonchev–Trinajstić information content (AvgIpc) is 3.12. The van der Waals surface area contributed by atoms with E-state index in [-0.39, 0.29) is 5.41 Å². The van der Waals surface area contributed by atoms with Gasteiger partial charge in [0.2, 0.25) is 0 Å². The Morgan fingerprint density at radius 3 is 2.06 bits per heavy atom. The SMILES string of the molecule is CC(C)(C)C1(S(=O)(=O)C2(COCCN)CC2)CC1. The van der Waals surface area contributed by atoms with Crippen molar-refractivity contribution in [2.45, 2.75) is 55.9 Å². The van der Waals surface area contributed by atoms with Crippen LogP contribution in [-0.4, -0.2) is 37.7 Å². The normalized spacial score (nSPS) is 24.9. The van der Waals surface area contributed by atoms with Crippen LogP contribution in [-0.2, 0) is 14.6 Å². The fourth-order valence-corrected chi connectivity index (χ4v) is 6.07. The Morgan fingerprint density at radius 2 is 1.72 bits per heavy atom. The Hall–Kier alpha value is -0.130. The van der Waals surface area contributed by atoms with Gasteiger partial charge in [0.15, 0.2) is 9.84 Å². The molecular formula is C13H25NO3S. The maximum absolute atomic E-state index is 12.9. The van der Waals surface area contributed by atoms with Crippen LogP contribution in [0.1, 0.15) is 46.5 Å². The Labute approximate surface area is 110 Å². The van der Waals surface area contributed by atoms with E-state index in [0.29, 0.717) is 19.8 Å². The van der Waals surface area contributed by atoms with Crippen LogP contribution in [0.2, 0.25) is 0 Å². The summed E-state index contributed by atoms with van der Waals surface area (Å²) in [6.07, 6.45) is 3.10. The highest BCUT2D eigenvalue weighted by Gasteiger charge is 2.70. The molecule has 0 heterocycles. The highest BCUT2D eigenvalue weighted by Crippen LogP contribution is 2.63. The van der Waals surface area contributed by atoms with Crippen LogP contribution in [0.4, 0.5) is 0 Å². The molecule has 0 unspecified atom stereocenters. The molecule has 0 aromatic rings. The lowest BCUT2D eigenvalue weighted by Gasteiger charge is -2.34. The first-order valence-corrected chi connectivity index (χ1v) is 8.23. The Balaban J connectivity index is 2.17. The quantitative estimate of drug-likeness (QED) is 0.746. The first-order valence-electron chi connectivity index (χ1n) is 6.74. The molecule has 0 spiro atoms. The molecular weight excluding hydrogens is 250 g/mol. The number of nitrogens with two attached hydrogens (primary N) is 1. The molecule has 4 nitrogen and oxygen atoms in total. The van der Waals surface area contributed by atoms with Crippen LogP contribution in [0, 0.1) is 5.41 Å². The van der Waals surface area contributed by atoms with Gasteiger partial charge in [-0.2, -0.15) is 0 Å². The van der Waals surface area contributed by atoms with Crippen molar-refractivity contribution in [2.24, 2.45) is 11.1 Å². The van der Waals surface area contributed by atoms with Gasteiger partial charge in [-0.25, -0.2) is 8.42 Å². The zero-order valence-electron chi connectivity index (χ0n) is 11.7. The number of hydrogen-bond acceptors (Lipinski definition) is 4. The zero-order chi connectivity index (χ0) is 13.7. The molecule has 2 aliphatic carbocycles. The van der Waals surface area contributed by atoms with Gasteiger partial charge >= 0.3 is 0 Å². The molecule has 0 bridgehead atoms. The second-order valence-corrected chi connectivity index (χ2v) is 9.43. The lowest BCUT2D eigenvalue weighted by atomic mass is 9.90. The monoisotopic (exact) mass is 275 g/mol. The molecule has 2 aliphatic rings. The lowest BCUT2D eigenvalue weighted by molar-refractivity contribution is 0.136. The second-order valence-electron chi connectivity index (χ2n) is 6.77. The third kappa shape index (κ3) is 1.91. The molecule has 2 N–H and O–H groups in total. The van der Waals surface area contributed by atoms with Gasteiger partial charge < -0.3 is 10.5 Å². The molecule has 106 valence electrons. The summed E-state index contributed by atoms with van der Waals surface area (Å²) in [6, 6.07) is 0. The predicted molar refractivity (Wildman–Crippen MR) is 72.2 cm³/mol. The lowest BCUT2D eigenvalue weighted by Crippen LogP contribution is -2.46. The third-order valence-corrected chi connectivity index (χ3v) is 8.31. The van der Waals surface area contributed by atoms with Gasteiger partial charge in [0, 0.05) is 6.54 Å². The molecule has 18 heavy (non-hydrogen) atoms. The van der Waals surface area contributed by atoms with Gasteiger partial charge in [-0.15, -0.1) is 0 Å². The summed E-state index contributed by atoms with van der Waals surface area (Å²) >= 11 is 0. The van der Waals surface area contributed by atoms with E-state index < -0.39 is 19.3 Å². The number of ether oxygens (including phenoxy) is 1. The van der Waals surface area contributed by atoms with E-state index in [9.17, 15) is 8.42 Å². The van der Waals surface area contributed by atoms with Crippen molar-refractivity contribution in [1.29, 1.82) is 0 Å².